The number of anilines is 2. The van der Waals surface area contributed by atoms with Gasteiger partial charge in [0.25, 0.3) is 0 Å². The maximum Gasteiger partial charge on any atom is 0.335 e. The molecule has 0 unspecified atom stereocenters. The van der Waals surface area contributed by atoms with E-state index in [0.717, 1.165) is 17.6 Å². The fourth-order valence-corrected chi connectivity index (χ4v) is 1.54. The van der Waals surface area contributed by atoms with E-state index in [0.29, 0.717) is 5.13 Å². The Labute approximate surface area is 93.7 Å². The molecule has 0 amide bonds. The van der Waals surface area contributed by atoms with Crippen LogP contribution in [0.1, 0.15) is 10.4 Å². The molecule has 0 aliphatic rings. The molecule has 0 spiro atoms. The molecule has 0 fully saturated rings. The number of benzene rings is 1. The highest BCUT2D eigenvalue weighted by Crippen LogP contribution is 2.21. The number of rotatable bonds is 3. The smallest absolute Gasteiger partial charge is 0.335 e. The zero-order chi connectivity index (χ0) is 11.5. The van der Waals surface area contributed by atoms with Crippen LogP contribution in [0.15, 0.2) is 24.5 Å². The zero-order valence-corrected chi connectivity index (χ0v) is 8.66. The topological polar surface area (TPSA) is 75.1 Å². The number of hydrogen-bond donors (Lipinski definition) is 2. The summed E-state index contributed by atoms with van der Waals surface area (Å²) >= 11 is 1.08. The lowest BCUT2D eigenvalue weighted by Gasteiger charge is -2.04. The van der Waals surface area contributed by atoms with Gasteiger partial charge in [-0.2, -0.15) is 4.37 Å². The van der Waals surface area contributed by atoms with Crippen molar-refractivity contribution in [3.63, 3.8) is 0 Å². The summed E-state index contributed by atoms with van der Waals surface area (Å²) in [6.45, 7) is 0. The van der Waals surface area contributed by atoms with Crippen LogP contribution < -0.4 is 5.32 Å². The van der Waals surface area contributed by atoms with Gasteiger partial charge in [0, 0.05) is 11.5 Å². The molecule has 2 N–H and O–H groups in total. The molecule has 0 bridgehead atoms. The zero-order valence-electron chi connectivity index (χ0n) is 7.85. The van der Waals surface area contributed by atoms with E-state index < -0.39 is 11.8 Å². The summed E-state index contributed by atoms with van der Waals surface area (Å²) in [5, 5.41) is 11.8. The third-order valence-corrected chi connectivity index (χ3v) is 2.40. The molecule has 0 saturated heterocycles. The molecule has 2 rings (SSSR count). The molecule has 0 aliphatic carbocycles. The van der Waals surface area contributed by atoms with Crippen molar-refractivity contribution in [2.45, 2.75) is 0 Å². The molecule has 16 heavy (non-hydrogen) atoms. The van der Waals surface area contributed by atoms with Crippen molar-refractivity contribution in [3.05, 3.63) is 35.9 Å². The van der Waals surface area contributed by atoms with E-state index in [4.69, 9.17) is 5.11 Å². The lowest BCUT2D eigenvalue weighted by atomic mass is 10.2. The summed E-state index contributed by atoms with van der Waals surface area (Å²) in [6, 6.07) is 3.61. The van der Waals surface area contributed by atoms with Crippen molar-refractivity contribution in [1.29, 1.82) is 0 Å². The molecule has 82 valence electrons. The molecule has 0 aliphatic heterocycles. The third kappa shape index (κ3) is 2.14. The van der Waals surface area contributed by atoms with Crippen LogP contribution in [0.4, 0.5) is 15.2 Å². The van der Waals surface area contributed by atoms with Crippen molar-refractivity contribution in [1.82, 2.24) is 9.36 Å². The number of nitrogens with zero attached hydrogens (tertiary/aromatic N) is 2. The van der Waals surface area contributed by atoms with Crippen LogP contribution in [0.5, 0.6) is 0 Å². The van der Waals surface area contributed by atoms with Crippen molar-refractivity contribution in [2.24, 2.45) is 0 Å². The fraction of sp³-hybridized carbons (Fsp3) is 0. The molecule has 0 atom stereocenters. The average molecular weight is 239 g/mol. The van der Waals surface area contributed by atoms with Gasteiger partial charge in [-0.15, -0.1) is 0 Å². The number of hydrogen-bond acceptors (Lipinski definition) is 5. The molecule has 1 heterocycles. The second-order valence-electron chi connectivity index (χ2n) is 2.87. The number of carbonyl (C=O) groups is 1. The molecule has 2 aromatic rings. The fourth-order valence-electron chi connectivity index (χ4n) is 1.09. The Hall–Kier alpha value is -2.02. The van der Waals surface area contributed by atoms with Gasteiger partial charge >= 0.3 is 5.97 Å². The van der Waals surface area contributed by atoms with Crippen LogP contribution in [0.25, 0.3) is 0 Å². The summed E-state index contributed by atoms with van der Waals surface area (Å²) in [4.78, 5) is 14.4. The second-order valence-corrected chi connectivity index (χ2v) is 3.65. The van der Waals surface area contributed by atoms with Gasteiger partial charge in [0.05, 0.1) is 11.3 Å². The van der Waals surface area contributed by atoms with E-state index in [1.54, 1.807) is 0 Å². The first-order valence-electron chi connectivity index (χ1n) is 4.23. The van der Waals surface area contributed by atoms with Gasteiger partial charge in [-0.05, 0) is 18.2 Å². The van der Waals surface area contributed by atoms with E-state index in [-0.39, 0.29) is 11.3 Å². The Morgan fingerprint density at radius 3 is 2.88 bits per heavy atom. The highest BCUT2D eigenvalue weighted by atomic mass is 32.1. The number of halogens is 1. The first-order chi connectivity index (χ1) is 7.66. The minimum atomic E-state index is -1.17. The molecule has 0 radical (unpaired) electrons. The Kier molecular flexibility index (Phi) is 2.78. The molecular formula is C9H6FN3O2S. The quantitative estimate of drug-likeness (QED) is 0.858. The van der Waals surface area contributed by atoms with Gasteiger partial charge in [-0.25, -0.2) is 14.2 Å². The third-order valence-electron chi connectivity index (χ3n) is 1.82. The van der Waals surface area contributed by atoms with Gasteiger partial charge in [-0.3, -0.25) is 0 Å². The highest BCUT2D eigenvalue weighted by Gasteiger charge is 2.09. The van der Waals surface area contributed by atoms with Crippen LogP contribution in [0.2, 0.25) is 0 Å². The standard InChI is InChI=1S/C9H6FN3O2S/c10-6-3-5(8(14)15)1-2-7(6)13-9-11-4-12-16-9/h1-4H,(H,14,15)(H,11,12,13). The SMILES string of the molecule is O=C(O)c1ccc(Nc2ncns2)c(F)c1. The van der Waals surface area contributed by atoms with Gasteiger partial charge in [-0.1, -0.05) is 0 Å². The number of carboxylic acids is 1. The highest BCUT2D eigenvalue weighted by molar-refractivity contribution is 7.09. The number of aromatic carboxylic acids is 1. The van der Waals surface area contributed by atoms with Crippen LogP contribution in [0.3, 0.4) is 0 Å². The average Bonchev–Trinajstić information content (AvgIpc) is 2.73. The minimum Gasteiger partial charge on any atom is -0.478 e. The van der Waals surface area contributed by atoms with Gasteiger partial charge in [0.1, 0.15) is 12.1 Å². The molecule has 0 saturated carbocycles. The summed E-state index contributed by atoms with van der Waals surface area (Å²) in [5.74, 6) is -1.81. The second kappa shape index (κ2) is 4.23. The summed E-state index contributed by atoms with van der Waals surface area (Å²) in [7, 11) is 0. The summed E-state index contributed by atoms with van der Waals surface area (Å²) in [5.41, 5.74) is 0.0714. The molecular weight excluding hydrogens is 233 g/mol. The normalized spacial score (nSPS) is 10.1. The lowest BCUT2D eigenvalue weighted by Crippen LogP contribution is -1.99. The Morgan fingerprint density at radius 1 is 1.50 bits per heavy atom. The van der Waals surface area contributed by atoms with E-state index in [1.807, 2.05) is 0 Å². The predicted molar refractivity (Wildman–Crippen MR) is 56.6 cm³/mol. The lowest BCUT2D eigenvalue weighted by molar-refractivity contribution is 0.0696. The number of carboxylic acid groups (broad SMARTS) is 1. The van der Waals surface area contributed by atoms with E-state index in [2.05, 4.69) is 14.7 Å². The van der Waals surface area contributed by atoms with E-state index in [1.165, 1.54) is 18.5 Å². The van der Waals surface area contributed by atoms with Crippen LogP contribution in [-0.4, -0.2) is 20.4 Å². The van der Waals surface area contributed by atoms with Crippen molar-refractivity contribution < 1.29 is 14.3 Å². The van der Waals surface area contributed by atoms with Crippen molar-refractivity contribution in [2.75, 3.05) is 5.32 Å². The Morgan fingerprint density at radius 2 is 2.31 bits per heavy atom. The van der Waals surface area contributed by atoms with Gasteiger partial charge in [0.15, 0.2) is 0 Å². The first kappa shape index (κ1) is 10.5. The molecule has 1 aromatic heterocycles. The van der Waals surface area contributed by atoms with Crippen molar-refractivity contribution in [3.8, 4) is 0 Å². The van der Waals surface area contributed by atoms with Gasteiger partial charge < -0.3 is 10.4 Å². The molecule has 5 nitrogen and oxygen atoms in total. The maximum atomic E-state index is 13.4. The van der Waals surface area contributed by atoms with Crippen LogP contribution in [0, 0.1) is 5.82 Å². The summed E-state index contributed by atoms with van der Waals surface area (Å²) < 4.78 is 17.2. The van der Waals surface area contributed by atoms with E-state index >= 15 is 0 Å². The summed E-state index contributed by atoms with van der Waals surface area (Å²) in [6.07, 6.45) is 1.34. The molecule has 7 heteroatoms. The predicted octanol–water partition coefficient (Wildman–Crippen LogP) is 2.12. The van der Waals surface area contributed by atoms with Gasteiger partial charge in [0.2, 0.25) is 5.13 Å². The van der Waals surface area contributed by atoms with Crippen molar-refractivity contribution >= 4 is 28.3 Å². The Bertz CT molecular complexity index is 515. The number of aromatic nitrogens is 2. The van der Waals surface area contributed by atoms with Crippen LogP contribution >= 0.6 is 11.5 Å². The minimum absolute atomic E-state index is 0.0969. The largest absolute Gasteiger partial charge is 0.478 e. The maximum absolute atomic E-state index is 13.4. The molecule has 1 aromatic carbocycles. The monoisotopic (exact) mass is 239 g/mol. The Balaban J connectivity index is 2.26. The van der Waals surface area contributed by atoms with Crippen LogP contribution in [-0.2, 0) is 0 Å². The first-order valence-corrected chi connectivity index (χ1v) is 5.00. The number of nitrogens with one attached hydrogen (secondary N) is 1. The van der Waals surface area contributed by atoms with E-state index in [9.17, 15) is 9.18 Å².